The lowest BCUT2D eigenvalue weighted by Gasteiger charge is -2.09. The van der Waals surface area contributed by atoms with Crippen LogP contribution in [0.3, 0.4) is 0 Å². The van der Waals surface area contributed by atoms with Gasteiger partial charge in [0.05, 0.1) is 18.6 Å². The number of rotatable bonds is 4. The molecule has 0 saturated carbocycles. The van der Waals surface area contributed by atoms with E-state index in [0.717, 1.165) is 11.1 Å². The van der Waals surface area contributed by atoms with Crippen molar-refractivity contribution in [1.29, 1.82) is 0 Å². The molecule has 0 amide bonds. The number of ketones is 1. The van der Waals surface area contributed by atoms with Gasteiger partial charge < -0.3 is 10.2 Å². The number of carbonyl (C=O) groups excluding carboxylic acids is 1. The highest BCUT2D eigenvalue weighted by Crippen LogP contribution is 2.13. The van der Waals surface area contributed by atoms with Gasteiger partial charge in [-0.05, 0) is 17.2 Å². The number of hydrogen-bond acceptors (Lipinski definition) is 3. The first kappa shape index (κ1) is 10.6. The van der Waals surface area contributed by atoms with E-state index in [4.69, 9.17) is 10.2 Å². The van der Waals surface area contributed by atoms with Gasteiger partial charge in [0.15, 0.2) is 5.78 Å². The second-order valence-corrected chi connectivity index (χ2v) is 3.66. The SMILES string of the molecule is NC(C(=O)Cc1ccoc1)c1ccccc1. The molecule has 2 rings (SSSR count). The molecule has 2 N–H and O–H groups in total. The summed E-state index contributed by atoms with van der Waals surface area (Å²) in [7, 11) is 0. The van der Waals surface area contributed by atoms with Gasteiger partial charge >= 0.3 is 0 Å². The summed E-state index contributed by atoms with van der Waals surface area (Å²) in [5.74, 6) is -0.00685. The number of Topliss-reactive ketones (excluding diaryl/α,β-unsaturated/α-hetero) is 1. The van der Waals surface area contributed by atoms with E-state index < -0.39 is 6.04 Å². The third-order valence-corrected chi connectivity index (χ3v) is 2.46. The van der Waals surface area contributed by atoms with E-state index in [1.165, 1.54) is 0 Å². The molecule has 0 bridgehead atoms. The molecule has 0 saturated heterocycles. The summed E-state index contributed by atoms with van der Waals surface area (Å²) in [4.78, 5) is 11.8. The van der Waals surface area contributed by atoms with E-state index in [2.05, 4.69) is 0 Å². The van der Waals surface area contributed by atoms with Crippen molar-refractivity contribution in [2.24, 2.45) is 5.73 Å². The van der Waals surface area contributed by atoms with Crippen molar-refractivity contribution in [2.45, 2.75) is 12.5 Å². The van der Waals surface area contributed by atoms with Crippen LogP contribution in [0.15, 0.2) is 53.3 Å². The maximum Gasteiger partial charge on any atom is 0.158 e. The monoisotopic (exact) mass is 215 g/mol. The van der Waals surface area contributed by atoms with E-state index >= 15 is 0 Å². The molecule has 1 heterocycles. The van der Waals surface area contributed by atoms with Gasteiger partial charge in [-0.3, -0.25) is 4.79 Å². The van der Waals surface area contributed by atoms with Crippen molar-refractivity contribution in [1.82, 2.24) is 0 Å². The molecule has 1 unspecified atom stereocenters. The molecule has 1 atom stereocenters. The van der Waals surface area contributed by atoms with Crippen LogP contribution in [0.4, 0.5) is 0 Å². The molecule has 0 spiro atoms. The standard InChI is InChI=1S/C13H13NO2/c14-13(11-4-2-1-3-5-11)12(15)8-10-6-7-16-9-10/h1-7,9,13H,8,14H2. The quantitative estimate of drug-likeness (QED) is 0.849. The summed E-state index contributed by atoms with van der Waals surface area (Å²) < 4.78 is 4.91. The van der Waals surface area contributed by atoms with Gasteiger partial charge in [-0.2, -0.15) is 0 Å². The Hall–Kier alpha value is -1.87. The first-order valence-corrected chi connectivity index (χ1v) is 5.11. The summed E-state index contributed by atoms with van der Waals surface area (Å²) in [6.07, 6.45) is 3.43. The average molecular weight is 215 g/mol. The van der Waals surface area contributed by atoms with Crippen LogP contribution in [0, 0.1) is 0 Å². The Morgan fingerprint density at radius 1 is 1.25 bits per heavy atom. The smallest absolute Gasteiger partial charge is 0.158 e. The first-order valence-electron chi connectivity index (χ1n) is 5.11. The zero-order chi connectivity index (χ0) is 11.4. The van der Waals surface area contributed by atoms with Gasteiger partial charge in [0.1, 0.15) is 0 Å². The van der Waals surface area contributed by atoms with Crippen LogP contribution < -0.4 is 5.73 Å². The molecule has 3 heteroatoms. The predicted octanol–water partition coefficient (Wildman–Crippen LogP) is 2.09. The third kappa shape index (κ3) is 2.38. The van der Waals surface area contributed by atoms with Gasteiger partial charge in [-0.15, -0.1) is 0 Å². The average Bonchev–Trinajstić information content (AvgIpc) is 2.82. The number of nitrogens with two attached hydrogens (primary N) is 1. The predicted molar refractivity (Wildman–Crippen MR) is 60.8 cm³/mol. The van der Waals surface area contributed by atoms with Gasteiger partial charge in [0, 0.05) is 6.42 Å². The Bertz CT molecular complexity index is 448. The minimum absolute atomic E-state index is 0.00685. The largest absolute Gasteiger partial charge is 0.472 e. The Labute approximate surface area is 93.9 Å². The fourth-order valence-corrected chi connectivity index (χ4v) is 1.55. The zero-order valence-electron chi connectivity index (χ0n) is 8.80. The maximum atomic E-state index is 11.8. The fraction of sp³-hybridized carbons (Fsp3) is 0.154. The highest BCUT2D eigenvalue weighted by molar-refractivity contribution is 5.86. The van der Waals surface area contributed by atoms with Crippen LogP contribution in [0.1, 0.15) is 17.2 Å². The molecule has 0 aliphatic heterocycles. The van der Waals surface area contributed by atoms with Crippen LogP contribution in [0.25, 0.3) is 0 Å². The topological polar surface area (TPSA) is 56.2 Å². The Morgan fingerprint density at radius 3 is 2.62 bits per heavy atom. The normalized spacial score (nSPS) is 12.3. The first-order chi connectivity index (χ1) is 7.77. The van der Waals surface area contributed by atoms with Gasteiger partial charge in [-0.25, -0.2) is 0 Å². The Kier molecular flexibility index (Phi) is 3.17. The molecule has 2 aromatic rings. The molecule has 0 aliphatic carbocycles. The van der Waals surface area contributed by atoms with Crippen molar-refractivity contribution >= 4 is 5.78 Å². The zero-order valence-corrected chi connectivity index (χ0v) is 8.80. The molecule has 0 aliphatic rings. The number of carbonyl (C=O) groups is 1. The van der Waals surface area contributed by atoms with E-state index in [9.17, 15) is 4.79 Å². The Balaban J connectivity index is 2.05. The van der Waals surface area contributed by atoms with Crippen molar-refractivity contribution < 1.29 is 9.21 Å². The second kappa shape index (κ2) is 4.77. The summed E-state index contributed by atoms with van der Waals surface area (Å²) >= 11 is 0. The number of furan rings is 1. The number of benzene rings is 1. The van der Waals surface area contributed by atoms with Crippen molar-refractivity contribution in [3.63, 3.8) is 0 Å². The van der Waals surface area contributed by atoms with E-state index in [0.29, 0.717) is 6.42 Å². The van der Waals surface area contributed by atoms with Crippen LogP contribution in [-0.2, 0) is 11.2 Å². The van der Waals surface area contributed by atoms with E-state index in [1.807, 2.05) is 30.3 Å². The maximum absolute atomic E-state index is 11.8. The highest BCUT2D eigenvalue weighted by Gasteiger charge is 2.15. The minimum atomic E-state index is -0.559. The van der Waals surface area contributed by atoms with Crippen LogP contribution in [0.2, 0.25) is 0 Å². The lowest BCUT2D eigenvalue weighted by Crippen LogP contribution is -2.22. The summed E-state index contributed by atoms with van der Waals surface area (Å²) in [5, 5.41) is 0. The lowest BCUT2D eigenvalue weighted by atomic mass is 10.00. The molecule has 3 nitrogen and oxygen atoms in total. The Morgan fingerprint density at radius 2 is 2.00 bits per heavy atom. The number of hydrogen-bond donors (Lipinski definition) is 1. The summed E-state index contributed by atoms with van der Waals surface area (Å²) in [5.41, 5.74) is 7.58. The molecule has 0 fully saturated rings. The molecule has 1 aromatic heterocycles. The molecule has 0 radical (unpaired) electrons. The van der Waals surface area contributed by atoms with Gasteiger partial charge in [0.2, 0.25) is 0 Å². The van der Waals surface area contributed by atoms with Crippen molar-refractivity contribution in [3.05, 3.63) is 60.1 Å². The highest BCUT2D eigenvalue weighted by atomic mass is 16.3. The van der Waals surface area contributed by atoms with Gasteiger partial charge in [0.25, 0.3) is 0 Å². The second-order valence-electron chi connectivity index (χ2n) is 3.66. The van der Waals surface area contributed by atoms with Crippen LogP contribution in [-0.4, -0.2) is 5.78 Å². The molecule has 1 aromatic carbocycles. The van der Waals surface area contributed by atoms with E-state index in [-0.39, 0.29) is 5.78 Å². The van der Waals surface area contributed by atoms with Crippen molar-refractivity contribution in [3.8, 4) is 0 Å². The minimum Gasteiger partial charge on any atom is -0.472 e. The van der Waals surface area contributed by atoms with Gasteiger partial charge in [-0.1, -0.05) is 30.3 Å². The fourth-order valence-electron chi connectivity index (χ4n) is 1.55. The van der Waals surface area contributed by atoms with Crippen LogP contribution >= 0.6 is 0 Å². The van der Waals surface area contributed by atoms with Crippen molar-refractivity contribution in [2.75, 3.05) is 0 Å². The summed E-state index contributed by atoms with van der Waals surface area (Å²) in [6, 6.07) is 10.6. The third-order valence-electron chi connectivity index (χ3n) is 2.46. The van der Waals surface area contributed by atoms with E-state index in [1.54, 1.807) is 18.6 Å². The molecule has 82 valence electrons. The molecular formula is C13H13NO2. The molecular weight excluding hydrogens is 202 g/mol. The molecule has 16 heavy (non-hydrogen) atoms. The lowest BCUT2D eigenvalue weighted by molar-refractivity contribution is -0.119. The van der Waals surface area contributed by atoms with Crippen LogP contribution in [0.5, 0.6) is 0 Å². The summed E-state index contributed by atoms with van der Waals surface area (Å²) in [6.45, 7) is 0.